The van der Waals surface area contributed by atoms with Crippen LogP contribution in [0.15, 0.2) is 18.2 Å². The fourth-order valence-electron chi connectivity index (χ4n) is 2.66. The minimum absolute atomic E-state index is 0.131. The van der Waals surface area contributed by atoms with Gasteiger partial charge < -0.3 is 10.6 Å². The second-order valence-corrected chi connectivity index (χ2v) is 5.91. The van der Waals surface area contributed by atoms with E-state index < -0.39 is 29.3 Å². The molecule has 1 aliphatic rings. The lowest BCUT2D eigenvalue weighted by atomic mass is 9.96. The van der Waals surface area contributed by atoms with Crippen LogP contribution in [0, 0.1) is 11.6 Å². The third-order valence-corrected chi connectivity index (χ3v) is 3.36. The van der Waals surface area contributed by atoms with Gasteiger partial charge in [-0.15, -0.1) is 0 Å². The second-order valence-electron chi connectivity index (χ2n) is 5.91. The van der Waals surface area contributed by atoms with Crippen LogP contribution < -0.4 is 5.73 Å². The van der Waals surface area contributed by atoms with Crippen molar-refractivity contribution in [2.75, 3.05) is 0 Å². The summed E-state index contributed by atoms with van der Waals surface area (Å²) in [5, 5.41) is 0. The molecular weight excluding hydrogens is 250 g/mol. The van der Waals surface area contributed by atoms with Gasteiger partial charge >= 0.3 is 0 Å². The highest BCUT2D eigenvalue weighted by molar-refractivity contribution is 5.81. The monoisotopic (exact) mass is 268 g/mol. The highest BCUT2D eigenvalue weighted by Gasteiger charge is 2.44. The molecule has 0 bridgehead atoms. The lowest BCUT2D eigenvalue weighted by Crippen LogP contribution is -2.45. The largest absolute Gasteiger partial charge is 0.329 e. The molecule has 2 atom stereocenters. The lowest BCUT2D eigenvalue weighted by molar-refractivity contribution is -0.133. The maximum atomic E-state index is 13.9. The lowest BCUT2D eigenvalue weighted by Gasteiger charge is -2.38. The summed E-state index contributed by atoms with van der Waals surface area (Å²) in [6, 6.07) is 2.10. The van der Waals surface area contributed by atoms with Gasteiger partial charge in [0, 0.05) is 23.6 Å². The number of carbonyl (C=O) groups excluding carboxylic acids is 1. The molecule has 0 radical (unpaired) electrons. The number of nitrogens with two attached hydrogens (primary N) is 1. The van der Waals surface area contributed by atoms with Crippen LogP contribution in [0.3, 0.4) is 0 Å². The van der Waals surface area contributed by atoms with Crippen LogP contribution in [0.25, 0.3) is 0 Å². The Kier molecular flexibility index (Phi) is 3.34. The van der Waals surface area contributed by atoms with E-state index in [9.17, 15) is 13.6 Å². The maximum absolute atomic E-state index is 13.9. The molecule has 0 spiro atoms. The van der Waals surface area contributed by atoms with Gasteiger partial charge in [-0.1, -0.05) is 0 Å². The molecule has 0 aromatic heterocycles. The summed E-state index contributed by atoms with van der Waals surface area (Å²) in [4.78, 5) is 13.6. The van der Waals surface area contributed by atoms with Gasteiger partial charge in [-0.2, -0.15) is 0 Å². The van der Waals surface area contributed by atoms with Gasteiger partial charge in [-0.25, -0.2) is 8.78 Å². The van der Waals surface area contributed by atoms with Crippen LogP contribution in [0.4, 0.5) is 8.78 Å². The third kappa shape index (κ3) is 2.47. The van der Waals surface area contributed by atoms with E-state index in [2.05, 4.69) is 0 Å². The van der Waals surface area contributed by atoms with Crippen molar-refractivity contribution >= 4 is 5.91 Å². The maximum Gasteiger partial charge on any atom is 0.225 e. The smallest absolute Gasteiger partial charge is 0.225 e. The van der Waals surface area contributed by atoms with Crippen LogP contribution in [-0.2, 0) is 4.79 Å². The Hall–Kier alpha value is -1.49. The highest BCUT2D eigenvalue weighted by Crippen LogP contribution is 2.38. The zero-order valence-corrected chi connectivity index (χ0v) is 11.3. The van der Waals surface area contributed by atoms with E-state index in [0.717, 1.165) is 18.2 Å². The minimum atomic E-state index is -0.622. The molecule has 5 heteroatoms. The predicted molar refractivity (Wildman–Crippen MR) is 68.3 cm³/mol. The molecular formula is C14H18F2N2O. The fourth-order valence-corrected chi connectivity index (χ4v) is 2.66. The number of rotatable bonds is 1. The molecule has 1 aliphatic heterocycles. The summed E-state index contributed by atoms with van der Waals surface area (Å²) < 4.78 is 27.3. The first kappa shape index (κ1) is 13.9. The molecule has 1 fully saturated rings. The average molecular weight is 268 g/mol. The first-order valence-corrected chi connectivity index (χ1v) is 6.24. The summed E-state index contributed by atoms with van der Waals surface area (Å²) in [7, 11) is 0. The van der Waals surface area contributed by atoms with Crippen molar-refractivity contribution in [1.29, 1.82) is 0 Å². The summed E-state index contributed by atoms with van der Waals surface area (Å²) in [5.41, 5.74) is 5.61. The van der Waals surface area contributed by atoms with Crippen LogP contribution in [0.1, 0.15) is 38.8 Å². The van der Waals surface area contributed by atoms with Crippen molar-refractivity contribution in [2.45, 2.75) is 44.8 Å². The van der Waals surface area contributed by atoms with Crippen molar-refractivity contribution < 1.29 is 13.6 Å². The minimum Gasteiger partial charge on any atom is -0.329 e. The van der Waals surface area contributed by atoms with Gasteiger partial charge in [0.1, 0.15) is 11.6 Å². The topological polar surface area (TPSA) is 46.3 Å². The summed E-state index contributed by atoms with van der Waals surface area (Å²) >= 11 is 0. The molecule has 19 heavy (non-hydrogen) atoms. The molecule has 104 valence electrons. The first-order chi connectivity index (χ1) is 8.71. The quantitative estimate of drug-likeness (QED) is 0.850. The van der Waals surface area contributed by atoms with Gasteiger partial charge in [-0.3, -0.25) is 4.79 Å². The Bertz CT molecular complexity index is 511. The van der Waals surface area contributed by atoms with Crippen molar-refractivity contribution in [2.24, 2.45) is 5.73 Å². The second kappa shape index (κ2) is 4.56. The van der Waals surface area contributed by atoms with Crippen molar-refractivity contribution in [1.82, 2.24) is 4.90 Å². The first-order valence-electron chi connectivity index (χ1n) is 6.24. The molecule has 2 unspecified atom stereocenters. The summed E-state index contributed by atoms with van der Waals surface area (Å²) in [6.45, 7) is 5.56. The summed E-state index contributed by atoms with van der Waals surface area (Å²) in [6.07, 6.45) is 0.151. The number of carbonyl (C=O) groups is 1. The number of amides is 1. The Morgan fingerprint density at radius 2 is 1.95 bits per heavy atom. The normalized spacial score (nSPS) is 24.1. The van der Waals surface area contributed by atoms with Gasteiger partial charge in [0.05, 0.1) is 6.04 Å². The molecule has 3 nitrogen and oxygen atoms in total. The molecule has 1 aromatic carbocycles. The molecule has 1 saturated heterocycles. The molecule has 1 aromatic rings. The molecule has 2 N–H and O–H groups in total. The van der Waals surface area contributed by atoms with Gasteiger partial charge in [0.2, 0.25) is 5.91 Å². The van der Waals surface area contributed by atoms with E-state index in [1.807, 2.05) is 20.8 Å². The molecule has 2 rings (SSSR count). The van der Waals surface area contributed by atoms with E-state index in [1.54, 1.807) is 4.90 Å². The Morgan fingerprint density at radius 1 is 1.32 bits per heavy atom. The SMILES string of the molecule is CC(C)(C)N1C(=O)CC(N)C1c1cc(F)ccc1F. The number of benzene rings is 1. The van der Waals surface area contributed by atoms with E-state index in [0.29, 0.717) is 0 Å². The van der Waals surface area contributed by atoms with E-state index in [4.69, 9.17) is 5.73 Å². The zero-order chi connectivity index (χ0) is 14.4. The number of hydrogen-bond donors (Lipinski definition) is 1. The number of likely N-dealkylation sites (tertiary alicyclic amines) is 1. The van der Waals surface area contributed by atoms with Gasteiger partial charge in [-0.05, 0) is 39.0 Å². The molecule has 0 saturated carbocycles. The molecule has 1 heterocycles. The number of hydrogen-bond acceptors (Lipinski definition) is 2. The number of halogens is 2. The Morgan fingerprint density at radius 3 is 2.53 bits per heavy atom. The van der Waals surface area contributed by atoms with Crippen LogP contribution >= 0.6 is 0 Å². The van der Waals surface area contributed by atoms with Crippen LogP contribution in [-0.4, -0.2) is 22.4 Å². The third-order valence-electron chi connectivity index (χ3n) is 3.36. The van der Waals surface area contributed by atoms with Gasteiger partial charge in [0.15, 0.2) is 0 Å². The van der Waals surface area contributed by atoms with Crippen molar-refractivity contribution in [3.8, 4) is 0 Å². The number of nitrogens with zero attached hydrogens (tertiary/aromatic N) is 1. The van der Waals surface area contributed by atoms with Crippen molar-refractivity contribution in [3.05, 3.63) is 35.4 Å². The van der Waals surface area contributed by atoms with E-state index in [1.165, 1.54) is 0 Å². The Labute approximate surface area is 111 Å². The molecule has 0 aliphatic carbocycles. The van der Waals surface area contributed by atoms with Crippen LogP contribution in [0.2, 0.25) is 0 Å². The Balaban J connectivity index is 2.51. The van der Waals surface area contributed by atoms with E-state index >= 15 is 0 Å². The molecule has 1 amide bonds. The fraction of sp³-hybridized carbons (Fsp3) is 0.500. The summed E-state index contributed by atoms with van der Waals surface area (Å²) in [5.74, 6) is -1.20. The van der Waals surface area contributed by atoms with Crippen molar-refractivity contribution in [3.63, 3.8) is 0 Å². The highest BCUT2D eigenvalue weighted by atomic mass is 19.1. The van der Waals surface area contributed by atoms with Crippen LogP contribution in [0.5, 0.6) is 0 Å². The van der Waals surface area contributed by atoms with E-state index in [-0.39, 0.29) is 17.9 Å². The average Bonchev–Trinajstić information content (AvgIpc) is 2.56. The standard InChI is InChI=1S/C14H18F2N2O/c1-14(2,3)18-12(19)7-11(17)13(18)9-6-8(15)4-5-10(9)16/h4-6,11,13H,7,17H2,1-3H3. The predicted octanol–water partition coefficient (Wildman–Crippen LogP) is 2.36. The zero-order valence-electron chi connectivity index (χ0n) is 11.3. The van der Waals surface area contributed by atoms with Gasteiger partial charge in [0.25, 0.3) is 0 Å².